The molecule has 0 aromatic heterocycles. The molecule has 0 N–H and O–H groups in total. The first-order chi connectivity index (χ1) is 5.85. The zero-order valence-electron chi connectivity index (χ0n) is 8.13. The van der Waals surface area contributed by atoms with Gasteiger partial charge in [0.1, 0.15) is 0 Å². The van der Waals surface area contributed by atoms with Gasteiger partial charge in [-0.2, -0.15) is 0 Å². The third-order valence-electron chi connectivity index (χ3n) is 1.80. The van der Waals surface area contributed by atoms with Crippen molar-refractivity contribution in [2.45, 2.75) is 27.7 Å². The van der Waals surface area contributed by atoms with Crippen LogP contribution in [0.25, 0.3) is 0 Å². The van der Waals surface area contributed by atoms with E-state index >= 15 is 0 Å². The summed E-state index contributed by atoms with van der Waals surface area (Å²) in [4.78, 5) is 22.6. The minimum absolute atomic E-state index is 0.00863. The lowest BCUT2D eigenvalue weighted by atomic mass is 9.93. The largest absolute Gasteiger partial charge is 0.392 e. The molecule has 1 fully saturated rings. The van der Waals surface area contributed by atoms with E-state index < -0.39 is 17.4 Å². The number of hydrogen-bond acceptors (Lipinski definition) is 4. The van der Waals surface area contributed by atoms with Crippen LogP contribution in [-0.4, -0.2) is 11.9 Å². The molecule has 1 aliphatic heterocycles. The van der Waals surface area contributed by atoms with E-state index in [-0.39, 0.29) is 5.95 Å². The van der Waals surface area contributed by atoms with Crippen LogP contribution in [0.3, 0.4) is 0 Å². The molecule has 0 saturated carbocycles. The van der Waals surface area contributed by atoms with E-state index in [0.717, 1.165) is 0 Å². The van der Waals surface area contributed by atoms with Crippen molar-refractivity contribution in [3.8, 4) is 0 Å². The highest BCUT2D eigenvalue weighted by Gasteiger charge is 2.45. The SMILES string of the molecule is CC(C)=C1OC(=O)C(C)(C)C(=O)O1. The summed E-state index contributed by atoms with van der Waals surface area (Å²) in [6.07, 6.45) is 0. The zero-order chi connectivity index (χ0) is 10.2. The van der Waals surface area contributed by atoms with Crippen molar-refractivity contribution >= 4 is 11.9 Å². The molecule has 0 spiro atoms. The van der Waals surface area contributed by atoms with Gasteiger partial charge in [-0.05, 0) is 27.7 Å². The van der Waals surface area contributed by atoms with Crippen LogP contribution >= 0.6 is 0 Å². The summed E-state index contributed by atoms with van der Waals surface area (Å²) in [5.41, 5.74) is -0.531. The zero-order valence-corrected chi connectivity index (χ0v) is 8.13. The Balaban J connectivity index is 3.00. The number of allylic oxidation sites excluding steroid dienone is 1. The minimum Gasteiger partial charge on any atom is -0.392 e. The van der Waals surface area contributed by atoms with Crippen LogP contribution in [0.4, 0.5) is 0 Å². The van der Waals surface area contributed by atoms with Crippen LogP contribution < -0.4 is 0 Å². The second-order valence-corrected chi connectivity index (χ2v) is 3.69. The second-order valence-electron chi connectivity index (χ2n) is 3.69. The summed E-state index contributed by atoms with van der Waals surface area (Å²) in [5.74, 6) is -1.13. The second kappa shape index (κ2) is 2.87. The van der Waals surface area contributed by atoms with E-state index in [9.17, 15) is 9.59 Å². The molecule has 0 aliphatic carbocycles. The van der Waals surface area contributed by atoms with Crippen LogP contribution in [0.15, 0.2) is 11.5 Å². The number of carbonyl (C=O) groups is 2. The van der Waals surface area contributed by atoms with Gasteiger partial charge in [-0.1, -0.05) is 0 Å². The van der Waals surface area contributed by atoms with Gasteiger partial charge >= 0.3 is 11.9 Å². The molecule has 13 heavy (non-hydrogen) atoms. The van der Waals surface area contributed by atoms with E-state index in [0.29, 0.717) is 5.57 Å². The third-order valence-corrected chi connectivity index (χ3v) is 1.80. The topological polar surface area (TPSA) is 52.6 Å². The number of carbonyl (C=O) groups excluding carboxylic acids is 2. The maximum absolute atomic E-state index is 11.3. The van der Waals surface area contributed by atoms with Gasteiger partial charge in [0, 0.05) is 5.57 Å². The van der Waals surface area contributed by atoms with Crippen molar-refractivity contribution in [3.05, 3.63) is 11.5 Å². The standard InChI is InChI=1S/C9H12O4/c1-5(2)6-12-7(10)9(3,4)8(11)13-6/h1-4H3. The number of ether oxygens (including phenoxy) is 2. The number of hydrogen-bond donors (Lipinski definition) is 0. The molecule has 4 nitrogen and oxygen atoms in total. The molecule has 0 atom stereocenters. The molecule has 0 aromatic carbocycles. The maximum Gasteiger partial charge on any atom is 0.330 e. The summed E-state index contributed by atoms with van der Waals surface area (Å²) >= 11 is 0. The van der Waals surface area contributed by atoms with Crippen molar-refractivity contribution in [2.24, 2.45) is 5.41 Å². The van der Waals surface area contributed by atoms with E-state index in [1.165, 1.54) is 13.8 Å². The first-order valence-corrected chi connectivity index (χ1v) is 3.97. The van der Waals surface area contributed by atoms with E-state index in [4.69, 9.17) is 9.47 Å². The predicted molar refractivity (Wildman–Crippen MR) is 44.3 cm³/mol. The van der Waals surface area contributed by atoms with E-state index in [1.807, 2.05) is 0 Å². The van der Waals surface area contributed by atoms with Gasteiger partial charge in [0.2, 0.25) is 0 Å². The van der Waals surface area contributed by atoms with Gasteiger partial charge in [0.25, 0.3) is 5.95 Å². The molecule has 0 radical (unpaired) electrons. The van der Waals surface area contributed by atoms with Gasteiger partial charge in [-0.15, -0.1) is 0 Å². The lowest BCUT2D eigenvalue weighted by Gasteiger charge is -2.26. The fraction of sp³-hybridized carbons (Fsp3) is 0.556. The molecule has 4 heteroatoms. The molecule has 0 unspecified atom stereocenters. The Labute approximate surface area is 76.5 Å². The van der Waals surface area contributed by atoms with Crippen LogP contribution in [-0.2, 0) is 19.1 Å². The monoisotopic (exact) mass is 184 g/mol. The smallest absolute Gasteiger partial charge is 0.330 e. The van der Waals surface area contributed by atoms with Crippen molar-refractivity contribution in [2.75, 3.05) is 0 Å². The molecular weight excluding hydrogens is 172 g/mol. The third kappa shape index (κ3) is 1.56. The van der Waals surface area contributed by atoms with Gasteiger partial charge < -0.3 is 9.47 Å². The van der Waals surface area contributed by atoms with Crippen molar-refractivity contribution in [1.82, 2.24) is 0 Å². The highest BCUT2D eigenvalue weighted by molar-refractivity contribution is 6.01. The average molecular weight is 184 g/mol. The lowest BCUT2D eigenvalue weighted by molar-refractivity contribution is -0.183. The van der Waals surface area contributed by atoms with E-state index in [2.05, 4.69) is 0 Å². The summed E-state index contributed by atoms with van der Waals surface area (Å²) < 4.78 is 9.66. The Hall–Kier alpha value is -1.32. The Kier molecular flexibility index (Phi) is 2.15. The summed E-state index contributed by atoms with van der Waals surface area (Å²) in [6.45, 7) is 6.35. The van der Waals surface area contributed by atoms with E-state index in [1.54, 1.807) is 13.8 Å². The van der Waals surface area contributed by atoms with Crippen LogP contribution in [0.5, 0.6) is 0 Å². The molecule has 1 heterocycles. The number of esters is 2. The summed E-state index contributed by atoms with van der Waals surface area (Å²) in [7, 11) is 0. The number of rotatable bonds is 0. The predicted octanol–water partition coefficient (Wildman–Crippen LogP) is 1.36. The molecule has 0 amide bonds. The maximum atomic E-state index is 11.3. The summed E-state index contributed by atoms with van der Waals surface area (Å²) in [5, 5.41) is 0. The van der Waals surface area contributed by atoms with Crippen LogP contribution in [0.1, 0.15) is 27.7 Å². The van der Waals surface area contributed by atoms with Crippen molar-refractivity contribution in [3.63, 3.8) is 0 Å². The van der Waals surface area contributed by atoms with Crippen LogP contribution in [0.2, 0.25) is 0 Å². The van der Waals surface area contributed by atoms with Crippen LogP contribution in [0, 0.1) is 5.41 Å². The molecule has 72 valence electrons. The van der Waals surface area contributed by atoms with Crippen molar-refractivity contribution in [1.29, 1.82) is 0 Å². The highest BCUT2D eigenvalue weighted by atomic mass is 16.7. The van der Waals surface area contributed by atoms with Crippen molar-refractivity contribution < 1.29 is 19.1 Å². The fourth-order valence-corrected chi connectivity index (χ4v) is 0.732. The first kappa shape index (κ1) is 9.77. The molecule has 0 aromatic rings. The van der Waals surface area contributed by atoms with Gasteiger partial charge in [0.15, 0.2) is 5.41 Å². The van der Waals surface area contributed by atoms with Gasteiger partial charge in [-0.3, -0.25) is 9.59 Å². The Morgan fingerprint density at radius 2 is 1.46 bits per heavy atom. The molecule has 1 saturated heterocycles. The molecule has 1 rings (SSSR count). The number of cyclic esters (lactones) is 2. The highest BCUT2D eigenvalue weighted by Crippen LogP contribution is 2.28. The Morgan fingerprint density at radius 1 is 1.08 bits per heavy atom. The molecular formula is C9H12O4. The Bertz CT molecular complexity index is 273. The van der Waals surface area contributed by atoms with Gasteiger partial charge in [-0.25, -0.2) is 0 Å². The quantitative estimate of drug-likeness (QED) is 0.421. The molecule has 0 bridgehead atoms. The normalized spacial score (nSPS) is 20.8. The average Bonchev–Trinajstić information content (AvgIpc) is 2.00. The van der Waals surface area contributed by atoms with Gasteiger partial charge in [0.05, 0.1) is 0 Å². The molecule has 1 aliphatic rings. The summed E-state index contributed by atoms with van der Waals surface area (Å²) in [6, 6.07) is 0. The lowest BCUT2D eigenvalue weighted by Crippen LogP contribution is -2.41. The first-order valence-electron chi connectivity index (χ1n) is 3.97. The Morgan fingerprint density at radius 3 is 1.77 bits per heavy atom. The fourth-order valence-electron chi connectivity index (χ4n) is 0.732. The minimum atomic E-state index is -1.20.